The first kappa shape index (κ1) is 13.0. The molecule has 2 atom stereocenters. The number of rotatable bonds is 1. The summed E-state index contributed by atoms with van der Waals surface area (Å²) in [7, 11) is -2.92. The summed E-state index contributed by atoms with van der Waals surface area (Å²) in [5.41, 5.74) is 9.44. The number of amidine groups is 1. The number of thioether (sulfide) groups is 1. The fraction of sp³-hybridized carbons (Fsp3) is 0.462. The lowest BCUT2D eigenvalue weighted by Crippen LogP contribution is -2.29. The Morgan fingerprint density at radius 1 is 1.21 bits per heavy atom. The number of fused-ring (bicyclic) bond motifs is 1. The number of aryl methyl sites for hydroxylation is 2. The molecule has 1 fully saturated rings. The average molecular weight is 297 g/mol. The van der Waals surface area contributed by atoms with E-state index in [9.17, 15) is 8.42 Å². The molecule has 0 saturated carbocycles. The van der Waals surface area contributed by atoms with Gasteiger partial charge in [0.1, 0.15) is 11.7 Å². The molecule has 0 amide bonds. The monoisotopic (exact) mass is 297 g/mol. The van der Waals surface area contributed by atoms with Gasteiger partial charge in [0.05, 0.1) is 16.8 Å². The lowest BCUT2D eigenvalue weighted by Gasteiger charge is -2.12. The maximum absolute atomic E-state index is 11.8. The van der Waals surface area contributed by atoms with E-state index < -0.39 is 9.84 Å². The predicted octanol–water partition coefficient (Wildman–Crippen LogP) is 1.17. The van der Waals surface area contributed by atoms with Crippen LogP contribution in [-0.4, -0.2) is 41.0 Å². The zero-order chi connectivity index (χ0) is 13.8. The number of benzene rings is 1. The molecule has 2 N–H and O–H groups in total. The molecule has 4 nitrogen and oxygen atoms in total. The lowest BCUT2D eigenvalue weighted by molar-refractivity contribution is -0.470. The molecule has 102 valence electrons. The molecular weight excluding hydrogens is 280 g/mol. The highest BCUT2D eigenvalue weighted by atomic mass is 32.2. The van der Waals surface area contributed by atoms with Gasteiger partial charge in [0.15, 0.2) is 9.84 Å². The van der Waals surface area contributed by atoms with Crippen molar-refractivity contribution in [3.05, 3.63) is 29.3 Å². The van der Waals surface area contributed by atoms with Gasteiger partial charge in [-0.15, -0.1) is 0 Å². The van der Waals surface area contributed by atoms with Crippen LogP contribution < -0.4 is 5.73 Å². The third-order valence-corrected chi connectivity index (χ3v) is 6.75. The van der Waals surface area contributed by atoms with Crippen LogP contribution in [0.3, 0.4) is 0 Å². The Hall–Kier alpha value is -1.01. The number of nitrogens with zero attached hydrogens (tertiary/aromatic N) is 1. The molecular formula is C13H17N2O2S2+. The second-order valence-electron chi connectivity index (χ2n) is 5.35. The zero-order valence-corrected chi connectivity index (χ0v) is 12.6. The van der Waals surface area contributed by atoms with Crippen molar-refractivity contribution in [1.82, 2.24) is 0 Å². The smallest absolute Gasteiger partial charge is 0.281 e. The Balaban J connectivity index is 2.06. The number of sulfone groups is 1. The van der Waals surface area contributed by atoms with Gasteiger partial charge in [-0.25, -0.2) is 13.0 Å². The molecule has 6 heteroatoms. The zero-order valence-electron chi connectivity index (χ0n) is 11.0. The average Bonchev–Trinajstić information content (AvgIpc) is 2.66. The van der Waals surface area contributed by atoms with Crippen LogP contribution in [0.2, 0.25) is 0 Å². The van der Waals surface area contributed by atoms with Gasteiger partial charge in [0.2, 0.25) is 0 Å². The Labute approximate surface area is 117 Å². The second kappa shape index (κ2) is 4.24. The maximum Gasteiger partial charge on any atom is 0.310 e. The van der Waals surface area contributed by atoms with Crippen LogP contribution in [0.25, 0.3) is 0 Å². The van der Waals surface area contributed by atoms with Gasteiger partial charge < -0.3 is 0 Å². The van der Waals surface area contributed by atoms with Gasteiger partial charge in [0, 0.05) is 0 Å². The van der Waals surface area contributed by atoms with E-state index in [0.717, 1.165) is 22.0 Å². The minimum atomic E-state index is -2.92. The molecule has 0 spiro atoms. The summed E-state index contributed by atoms with van der Waals surface area (Å²) in [6.07, 6.45) is 0. The van der Waals surface area contributed by atoms with E-state index in [1.54, 1.807) is 0 Å². The van der Waals surface area contributed by atoms with E-state index in [4.69, 9.17) is 5.73 Å². The van der Waals surface area contributed by atoms with Crippen LogP contribution >= 0.6 is 11.8 Å². The Morgan fingerprint density at radius 3 is 2.47 bits per heavy atom. The molecule has 1 aromatic carbocycles. The largest absolute Gasteiger partial charge is 0.310 e. The first-order valence-electron chi connectivity index (χ1n) is 6.23. The summed E-state index contributed by atoms with van der Waals surface area (Å²) in [6.45, 7) is 4.08. The van der Waals surface area contributed by atoms with Crippen molar-refractivity contribution in [2.24, 2.45) is 5.73 Å². The highest BCUT2D eigenvalue weighted by molar-refractivity contribution is 8.15. The number of nitrogens with two attached hydrogens (primary N) is 1. The first-order valence-corrected chi connectivity index (χ1v) is 8.93. The van der Waals surface area contributed by atoms with E-state index in [2.05, 4.69) is 18.2 Å². The molecule has 1 aromatic rings. The summed E-state index contributed by atoms with van der Waals surface area (Å²) < 4.78 is 25.5. The Bertz CT molecular complexity index is 660. The Kier molecular flexibility index (Phi) is 2.90. The SMILES string of the molecule is Cc1cc(C)cc([N+]2=C(N)SC3CS(=O)(=O)CC32)c1. The predicted molar refractivity (Wildman–Crippen MR) is 78.9 cm³/mol. The summed E-state index contributed by atoms with van der Waals surface area (Å²) in [6, 6.07) is 6.21. The number of hydrogen-bond donors (Lipinski definition) is 1. The summed E-state index contributed by atoms with van der Waals surface area (Å²) in [5.74, 6) is 0.447. The van der Waals surface area contributed by atoms with Crippen molar-refractivity contribution >= 4 is 32.5 Å². The highest BCUT2D eigenvalue weighted by Crippen LogP contribution is 2.36. The van der Waals surface area contributed by atoms with Crippen molar-refractivity contribution in [2.75, 3.05) is 11.5 Å². The highest BCUT2D eigenvalue weighted by Gasteiger charge is 2.49. The van der Waals surface area contributed by atoms with Crippen molar-refractivity contribution in [2.45, 2.75) is 25.1 Å². The minimum absolute atomic E-state index is 0.0174. The van der Waals surface area contributed by atoms with Crippen LogP contribution in [-0.2, 0) is 9.84 Å². The molecule has 3 rings (SSSR count). The molecule has 0 bridgehead atoms. The lowest BCUT2D eigenvalue weighted by atomic mass is 10.1. The standard InChI is InChI=1S/C13H16N2O2S2/c1-8-3-9(2)5-10(4-8)15-11-6-19(16,17)7-12(11)18-13(15)14/h3-5,11-12,14H,6-7H2,1-2H3/p+1. The van der Waals surface area contributed by atoms with Crippen molar-refractivity contribution in [1.29, 1.82) is 0 Å². The van der Waals surface area contributed by atoms with Crippen LogP contribution in [0, 0.1) is 13.8 Å². The molecule has 19 heavy (non-hydrogen) atoms. The third-order valence-electron chi connectivity index (χ3n) is 3.60. The topological polar surface area (TPSA) is 63.2 Å². The summed E-state index contributed by atoms with van der Waals surface area (Å²) >= 11 is 1.49. The third kappa shape index (κ3) is 2.27. The van der Waals surface area contributed by atoms with Gasteiger partial charge in [-0.05, 0) is 48.9 Å². The molecule has 2 heterocycles. The normalized spacial score (nSPS) is 28.7. The Morgan fingerprint density at radius 2 is 1.84 bits per heavy atom. The quantitative estimate of drug-likeness (QED) is 0.791. The second-order valence-corrected chi connectivity index (χ2v) is 8.77. The first-order chi connectivity index (χ1) is 8.85. The van der Waals surface area contributed by atoms with E-state index in [-0.39, 0.29) is 22.8 Å². The van der Waals surface area contributed by atoms with Crippen molar-refractivity contribution in [3.8, 4) is 0 Å². The van der Waals surface area contributed by atoms with E-state index in [1.807, 2.05) is 18.4 Å². The maximum atomic E-state index is 11.8. The van der Waals surface area contributed by atoms with E-state index in [1.165, 1.54) is 11.8 Å². The van der Waals surface area contributed by atoms with Gasteiger partial charge in [-0.3, -0.25) is 5.73 Å². The van der Waals surface area contributed by atoms with Gasteiger partial charge in [0.25, 0.3) is 0 Å². The minimum Gasteiger partial charge on any atom is -0.281 e. The summed E-state index contributed by atoms with van der Waals surface area (Å²) in [5, 5.41) is 0.792. The van der Waals surface area contributed by atoms with Crippen LogP contribution in [0.5, 0.6) is 0 Å². The van der Waals surface area contributed by atoms with Gasteiger partial charge in [-0.2, -0.15) is 0 Å². The molecule has 2 aliphatic heterocycles. The van der Waals surface area contributed by atoms with Crippen molar-refractivity contribution < 1.29 is 13.0 Å². The molecule has 0 radical (unpaired) electrons. The van der Waals surface area contributed by atoms with E-state index in [0.29, 0.717) is 0 Å². The summed E-state index contributed by atoms with van der Waals surface area (Å²) in [4.78, 5) is 0. The molecule has 2 aliphatic rings. The van der Waals surface area contributed by atoms with Crippen LogP contribution in [0.15, 0.2) is 18.2 Å². The number of hydrogen-bond acceptors (Lipinski definition) is 4. The van der Waals surface area contributed by atoms with Gasteiger partial charge in [-0.1, -0.05) is 6.07 Å². The fourth-order valence-electron chi connectivity index (χ4n) is 2.93. The molecule has 0 aliphatic carbocycles. The van der Waals surface area contributed by atoms with Crippen LogP contribution in [0.1, 0.15) is 11.1 Å². The van der Waals surface area contributed by atoms with E-state index >= 15 is 0 Å². The molecule has 0 aromatic heterocycles. The van der Waals surface area contributed by atoms with Crippen molar-refractivity contribution in [3.63, 3.8) is 0 Å². The molecule has 2 unspecified atom stereocenters. The molecule has 1 saturated heterocycles. The van der Waals surface area contributed by atoms with Crippen LogP contribution in [0.4, 0.5) is 5.69 Å². The van der Waals surface area contributed by atoms with Gasteiger partial charge >= 0.3 is 5.17 Å². The fourth-order valence-corrected chi connectivity index (χ4v) is 6.75.